The normalized spacial score (nSPS) is 20.9. The van der Waals surface area contributed by atoms with Crippen molar-refractivity contribution >= 4 is 5.91 Å². The van der Waals surface area contributed by atoms with E-state index in [2.05, 4.69) is 5.32 Å². The Balaban J connectivity index is 2.38. The van der Waals surface area contributed by atoms with Gasteiger partial charge in [0, 0.05) is 26.6 Å². The molecule has 1 aliphatic rings. The molecule has 0 aromatic rings. The number of rotatable bonds is 6. The summed E-state index contributed by atoms with van der Waals surface area (Å²) in [5, 5.41) is 30.4. The summed E-state index contributed by atoms with van der Waals surface area (Å²) in [6.07, 6.45) is 0.908. The standard InChI is InChI=1S/C11H22N2O4/c1-9(17)13-3-2-10(5-13)4-12-11(6-14,7-15)8-16/h10,12,14-16H,2-8H2,1H3/t10-/m0/s1. The van der Waals surface area contributed by atoms with Gasteiger partial charge in [-0.2, -0.15) is 0 Å². The molecule has 6 nitrogen and oxygen atoms in total. The molecular weight excluding hydrogens is 224 g/mol. The van der Waals surface area contributed by atoms with Crippen molar-refractivity contribution in [1.82, 2.24) is 10.2 Å². The van der Waals surface area contributed by atoms with Crippen LogP contribution in [0.1, 0.15) is 13.3 Å². The minimum absolute atomic E-state index is 0.0743. The van der Waals surface area contributed by atoms with Crippen LogP contribution < -0.4 is 5.32 Å². The van der Waals surface area contributed by atoms with Crippen molar-refractivity contribution in [2.45, 2.75) is 18.9 Å². The Morgan fingerprint density at radius 2 is 1.94 bits per heavy atom. The second-order valence-electron chi connectivity index (χ2n) is 4.76. The summed E-state index contributed by atoms with van der Waals surface area (Å²) in [6, 6.07) is 0. The Hall–Kier alpha value is -0.690. The molecule has 0 unspecified atom stereocenters. The molecule has 1 heterocycles. The minimum Gasteiger partial charge on any atom is -0.394 e. The van der Waals surface area contributed by atoms with Gasteiger partial charge in [-0.15, -0.1) is 0 Å². The highest BCUT2D eigenvalue weighted by Crippen LogP contribution is 2.16. The van der Waals surface area contributed by atoms with Gasteiger partial charge in [-0.1, -0.05) is 0 Å². The number of nitrogens with one attached hydrogen (secondary N) is 1. The Labute approximate surface area is 101 Å². The Kier molecular flexibility index (Phi) is 5.32. The molecule has 100 valence electrons. The van der Waals surface area contributed by atoms with Crippen molar-refractivity contribution in [3.8, 4) is 0 Å². The number of carbonyl (C=O) groups is 1. The Bertz CT molecular complexity index is 248. The van der Waals surface area contributed by atoms with E-state index in [1.807, 2.05) is 0 Å². The van der Waals surface area contributed by atoms with E-state index in [1.54, 1.807) is 11.8 Å². The van der Waals surface area contributed by atoms with Gasteiger partial charge in [0.15, 0.2) is 0 Å². The topological polar surface area (TPSA) is 93.0 Å². The van der Waals surface area contributed by atoms with E-state index in [-0.39, 0.29) is 25.7 Å². The number of hydrogen-bond donors (Lipinski definition) is 4. The predicted octanol–water partition coefficient (Wildman–Crippen LogP) is -1.84. The number of likely N-dealkylation sites (tertiary alicyclic amines) is 1. The fourth-order valence-electron chi connectivity index (χ4n) is 1.96. The Morgan fingerprint density at radius 1 is 1.35 bits per heavy atom. The van der Waals surface area contributed by atoms with Crippen molar-refractivity contribution in [1.29, 1.82) is 0 Å². The van der Waals surface area contributed by atoms with Gasteiger partial charge < -0.3 is 25.5 Å². The quantitative estimate of drug-likeness (QED) is 0.442. The molecule has 0 aromatic carbocycles. The zero-order valence-electron chi connectivity index (χ0n) is 10.2. The van der Waals surface area contributed by atoms with Gasteiger partial charge in [0.25, 0.3) is 0 Å². The van der Waals surface area contributed by atoms with Crippen LogP contribution in [0.3, 0.4) is 0 Å². The maximum atomic E-state index is 11.1. The van der Waals surface area contributed by atoms with Gasteiger partial charge in [-0.3, -0.25) is 4.79 Å². The Morgan fingerprint density at radius 3 is 2.35 bits per heavy atom. The molecule has 6 heteroatoms. The van der Waals surface area contributed by atoms with Crippen LogP contribution in [0, 0.1) is 5.92 Å². The van der Waals surface area contributed by atoms with Crippen LogP contribution in [0.25, 0.3) is 0 Å². The lowest BCUT2D eigenvalue weighted by Gasteiger charge is -2.30. The van der Waals surface area contributed by atoms with E-state index >= 15 is 0 Å². The molecular formula is C11H22N2O4. The van der Waals surface area contributed by atoms with E-state index in [4.69, 9.17) is 15.3 Å². The van der Waals surface area contributed by atoms with Crippen LogP contribution in [0.15, 0.2) is 0 Å². The molecule has 1 fully saturated rings. The largest absolute Gasteiger partial charge is 0.394 e. The lowest BCUT2D eigenvalue weighted by molar-refractivity contribution is -0.127. The van der Waals surface area contributed by atoms with E-state index in [0.717, 1.165) is 13.0 Å². The predicted molar refractivity (Wildman–Crippen MR) is 62.4 cm³/mol. The van der Waals surface area contributed by atoms with Crippen LogP contribution >= 0.6 is 0 Å². The van der Waals surface area contributed by atoms with E-state index in [0.29, 0.717) is 19.0 Å². The highest BCUT2D eigenvalue weighted by Gasteiger charge is 2.30. The molecule has 0 aromatic heterocycles. The number of amides is 1. The maximum absolute atomic E-state index is 11.1. The maximum Gasteiger partial charge on any atom is 0.219 e. The third kappa shape index (κ3) is 3.64. The molecule has 1 saturated heterocycles. The average Bonchev–Trinajstić information content (AvgIpc) is 2.81. The van der Waals surface area contributed by atoms with Gasteiger partial charge in [0.2, 0.25) is 5.91 Å². The SMILES string of the molecule is CC(=O)N1CC[C@@H](CNC(CO)(CO)CO)C1. The van der Waals surface area contributed by atoms with Crippen molar-refractivity contribution in [3.63, 3.8) is 0 Å². The van der Waals surface area contributed by atoms with E-state index in [9.17, 15) is 4.79 Å². The van der Waals surface area contributed by atoms with Crippen molar-refractivity contribution in [3.05, 3.63) is 0 Å². The van der Waals surface area contributed by atoms with Crippen LogP contribution in [0.5, 0.6) is 0 Å². The molecule has 1 rings (SSSR count). The number of aliphatic hydroxyl groups excluding tert-OH is 3. The lowest BCUT2D eigenvalue weighted by atomic mass is 10.0. The van der Waals surface area contributed by atoms with Crippen molar-refractivity contribution in [2.75, 3.05) is 39.5 Å². The summed E-state index contributed by atoms with van der Waals surface area (Å²) in [4.78, 5) is 12.9. The average molecular weight is 246 g/mol. The third-order valence-corrected chi connectivity index (χ3v) is 3.40. The summed E-state index contributed by atoms with van der Waals surface area (Å²) in [6.45, 7) is 2.63. The highest BCUT2D eigenvalue weighted by atomic mass is 16.3. The van der Waals surface area contributed by atoms with Crippen LogP contribution in [0.4, 0.5) is 0 Å². The minimum atomic E-state index is -1.02. The summed E-state index contributed by atoms with van der Waals surface area (Å²) < 4.78 is 0. The number of hydrogen-bond acceptors (Lipinski definition) is 5. The first kappa shape index (κ1) is 14.4. The van der Waals surface area contributed by atoms with Gasteiger partial charge in [-0.25, -0.2) is 0 Å². The fourth-order valence-corrected chi connectivity index (χ4v) is 1.96. The first-order valence-electron chi connectivity index (χ1n) is 5.90. The monoisotopic (exact) mass is 246 g/mol. The smallest absolute Gasteiger partial charge is 0.219 e. The molecule has 0 radical (unpaired) electrons. The summed E-state index contributed by atoms with van der Waals surface area (Å²) in [5.41, 5.74) is -1.02. The fraction of sp³-hybridized carbons (Fsp3) is 0.909. The van der Waals surface area contributed by atoms with Crippen molar-refractivity contribution < 1.29 is 20.1 Å². The van der Waals surface area contributed by atoms with Crippen molar-refractivity contribution in [2.24, 2.45) is 5.92 Å². The second kappa shape index (κ2) is 6.30. The molecule has 0 bridgehead atoms. The zero-order valence-corrected chi connectivity index (χ0v) is 10.2. The van der Waals surface area contributed by atoms with Crippen LogP contribution in [0.2, 0.25) is 0 Å². The van der Waals surface area contributed by atoms with Crippen LogP contribution in [-0.4, -0.2) is 71.1 Å². The number of nitrogens with zero attached hydrogens (tertiary/aromatic N) is 1. The van der Waals surface area contributed by atoms with Gasteiger partial charge in [0.05, 0.1) is 25.4 Å². The summed E-state index contributed by atoms with van der Waals surface area (Å²) >= 11 is 0. The van der Waals surface area contributed by atoms with Gasteiger partial charge >= 0.3 is 0 Å². The summed E-state index contributed by atoms with van der Waals surface area (Å²) in [7, 11) is 0. The number of carbonyl (C=O) groups excluding carboxylic acids is 1. The second-order valence-corrected chi connectivity index (χ2v) is 4.76. The van der Waals surface area contributed by atoms with Crippen LogP contribution in [-0.2, 0) is 4.79 Å². The summed E-state index contributed by atoms with van der Waals surface area (Å²) in [5.74, 6) is 0.383. The lowest BCUT2D eigenvalue weighted by Crippen LogP contribution is -2.56. The molecule has 1 aliphatic heterocycles. The molecule has 17 heavy (non-hydrogen) atoms. The van der Waals surface area contributed by atoms with Gasteiger partial charge in [-0.05, 0) is 12.3 Å². The molecule has 1 atom stereocenters. The van der Waals surface area contributed by atoms with E-state index < -0.39 is 5.54 Å². The first-order valence-corrected chi connectivity index (χ1v) is 5.90. The van der Waals surface area contributed by atoms with E-state index in [1.165, 1.54) is 0 Å². The molecule has 0 spiro atoms. The van der Waals surface area contributed by atoms with Gasteiger partial charge in [0.1, 0.15) is 0 Å². The third-order valence-electron chi connectivity index (χ3n) is 3.40. The first-order chi connectivity index (χ1) is 8.06. The molecule has 4 N–H and O–H groups in total. The number of aliphatic hydroxyl groups is 3. The molecule has 1 amide bonds. The molecule has 0 aliphatic carbocycles. The molecule has 0 saturated carbocycles. The zero-order chi connectivity index (χ0) is 12.9. The highest BCUT2D eigenvalue weighted by molar-refractivity contribution is 5.73.